The number of hydrogen-bond acceptors (Lipinski definition) is 6. The number of hydrogen-bond donors (Lipinski definition) is 1. The first-order chi connectivity index (χ1) is 22.2. The van der Waals surface area contributed by atoms with Crippen molar-refractivity contribution in [3.63, 3.8) is 0 Å². The van der Waals surface area contributed by atoms with Crippen LogP contribution in [0.2, 0.25) is 5.04 Å². The molecular weight excluding hydrogens is 593 g/mol. The molecule has 2 aliphatic rings. The smallest absolute Gasteiger partial charge is 0.261 e. The van der Waals surface area contributed by atoms with Crippen LogP contribution in [0, 0.1) is 0 Å². The second-order valence-electron chi connectivity index (χ2n) is 13.8. The van der Waals surface area contributed by atoms with Gasteiger partial charge in [0.25, 0.3) is 8.32 Å². The average Bonchev–Trinajstić information content (AvgIpc) is 3.44. The van der Waals surface area contributed by atoms with E-state index in [1.165, 1.54) is 16.8 Å². The van der Waals surface area contributed by atoms with Gasteiger partial charge in [0.15, 0.2) is 5.79 Å². The van der Waals surface area contributed by atoms with E-state index in [0.29, 0.717) is 32.7 Å². The summed E-state index contributed by atoms with van der Waals surface area (Å²) in [6.45, 7) is 8.57. The Morgan fingerprint density at radius 2 is 1.57 bits per heavy atom. The minimum atomic E-state index is -2.69. The highest BCUT2D eigenvalue weighted by Gasteiger charge is 2.50. The number of benzene rings is 3. The zero-order valence-electron chi connectivity index (χ0n) is 28.1. The van der Waals surface area contributed by atoms with E-state index in [0.717, 1.165) is 42.6 Å². The standard InChI is InChI=1S/C39H52O6Si/c1-38(2,3)46(36-14-8-5-9-15-36,37-16-10-6-11-17-37)44-25-22-32(27-35-30-43-39(45-35)23-12-7-13-24-39)26-33(40)29-42-28-31-18-20-34(41-4)21-19-31/h5-6,8-11,14-22,33,35,40H,7,12-13,23-30H2,1-4H3/b32-22+/t33-,35-/m1/s1. The zero-order chi connectivity index (χ0) is 32.5. The highest BCUT2D eigenvalue weighted by Crippen LogP contribution is 2.40. The van der Waals surface area contributed by atoms with Gasteiger partial charge in [0.05, 0.1) is 45.7 Å². The van der Waals surface area contributed by atoms with Crippen LogP contribution in [-0.4, -0.2) is 58.3 Å². The van der Waals surface area contributed by atoms with E-state index in [-0.39, 0.29) is 17.7 Å². The summed E-state index contributed by atoms with van der Waals surface area (Å²) in [5, 5.41) is 13.5. The normalized spacial score (nSPS) is 19.3. The Bertz CT molecular complexity index is 1320. The maximum atomic E-state index is 11.2. The number of aliphatic hydroxyl groups is 1. The van der Waals surface area contributed by atoms with Gasteiger partial charge in [-0.05, 0) is 58.8 Å². The van der Waals surface area contributed by atoms with Crippen molar-refractivity contribution in [1.29, 1.82) is 0 Å². The molecule has 0 radical (unpaired) electrons. The van der Waals surface area contributed by atoms with Gasteiger partial charge in [0.2, 0.25) is 0 Å². The van der Waals surface area contributed by atoms with E-state index in [9.17, 15) is 5.11 Å². The van der Waals surface area contributed by atoms with Gasteiger partial charge in [-0.2, -0.15) is 0 Å². The average molecular weight is 645 g/mol. The molecule has 1 aliphatic carbocycles. The van der Waals surface area contributed by atoms with Gasteiger partial charge in [-0.15, -0.1) is 0 Å². The van der Waals surface area contributed by atoms with Crippen molar-refractivity contribution in [2.24, 2.45) is 0 Å². The summed E-state index contributed by atoms with van der Waals surface area (Å²) in [6.07, 6.45) is 8.13. The van der Waals surface area contributed by atoms with Gasteiger partial charge < -0.3 is 28.5 Å². The van der Waals surface area contributed by atoms with Crippen molar-refractivity contribution >= 4 is 18.7 Å². The summed E-state index contributed by atoms with van der Waals surface area (Å²) >= 11 is 0. The van der Waals surface area contributed by atoms with Crippen molar-refractivity contribution in [2.75, 3.05) is 26.9 Å². The van der Waals surface area contributed by atoms with E-state index < -0.39 is 20.2 Å². The van der Waals surface area contributed by atoms with E-state index in [2.05, 4.69) is 87.5 Å². The molecule has 1 heterocycles. The largest absolute Gasteiger partial charge is 0.497 e. The van der Waals surface area contributed by atoms with Gasteiger partial charge in [-0.1, -0.05) is 112 Å². The van der Waals surface area contributed by atoms with Crippen LogP contribution in [0.1, 0.15) is 71.3 Å². The molecule has 5 rings (SSSR count). The Hall–Kier alpha value is -2.78. The van der Waals surface area contributed by atoms with Gasteiger partial charge in [-0.25, -0.2) is 0 Å². The van der Waals surface area contributed by atoms with Crippen LogP contribution in [0.3, 0.4) is 0 Å². The van der Waals surface area contributed by atoms with E-state index >= 15 is 0 Å². The van der Waals surface area contributed by atoms with E-state index in [1.807, 2.05) is 24.3 Å². The first kappa shape index (κ1) is 34.5. The topological polar surface area (TPSA) is 66.4 Å². The Kier molecular flexibility index (Phi) is 11.9. The van der Waals surface area contributed by atoms with Crippen molar-refractivity contribution in [1.82, 2.24) is 0 Å². The molecule has 2 atom stereocenters. The SMILES string of the molecule is COc1ccc(COC[C@H](O)C/C(=C\CO[Si](c2ccccc2)(c2ccccc2)C(C)(C)C)C[C@@H]2COC3(CCCCC3)O2)cc1. The minimum Gasteiger partial charge on any atom is -0.497 e. The Balaban J connectivity index is 1.32. The monoisotopic (exact) mass is 644 g/mol. The van der Waals surface area contributed by atoms with Crippen LogP contribution in [0.4, 0.5) is 0 Å². The summed E-state index contributed by atoms with van der Waals surface area (Å²) in [5.41, 5.74) is 2.15. The summed E-state index contributed by atoms with van der Waals surface area (Å²) in [4.78, 5) is 0. The van der Waals surface area contributed by atoms with Crippen molar-refractivity contribution in [3.8, 4) is 5.75 Å². The fraction of sp³-hybridized carbons (Fsp3) is 0.487. The van der Waals surface area contributed by atoms with E-state index in [4.69, 9.17) is 23.4 Å². The highest BCUT2D eigenvalue weighted by atomic mass is 28.4. The fourth-order valence-corrected chi connectivity index (χ4v) is 11.5. The van der Waals surface area contributed by atoms with Crippen LogP contribution >= 0.6 is 0 Å². The molecule has 1 N–H and O–H groups in total. The first-order valence-electron chi connectivity index (χ1n) is 16.9. The van der Waals surface area contributed by atoms with Crippen molar-refractivity contribution in [3.05, 3.63) is 102 Å². The van der Waals surface area contributed by atoms with Gasteiger partial charge in [0.1, 0.15) is 5.75 Å². The number of ether oxygens (including phenoxy) is 4. The molecule has 248 valence electrons. The third-order valence-corrected chi connectivity index (χ3v) is 14.3. The third kappa shape index (κ3) is 8.57. The minimum absolute atomic E-state index is 0.0374. The lowest BCUT2D eigenvalue weighted by Crippen LogP contribution is -2.66. The summed E-state index contributed by atoms with van der Waals surface area (Å²) in [6, 6.07) is 29.2. The molecule has 7 heteroatoms. The zero-order valence-corrected chi connectivity index (χ0v) is 29.1. The van der Waals surface area contributed by atoms with Crippen molar-refractivity contribution in [2.45, 2.75) is 95.4 Å². The molecule has 1 saturated heterocycles. The van der Waals surface area contributed by atoms with Crippen LogP contribution < -0.4 is 15.1 Å². The third-order valence-electron chi connectivity index (χ3n) is 9.34. The number of rotatable bonds is 14. The molecule has 0 bridgehead atoms. The molecule has 0 amide bonds. The predicted molar refractivity (Wildman–Crippen MR) is 186 cm³/mol. The molecule has 0 unspecified atom stereocenters. The number of methoxy groups -OCH3 is 1. The molecule has 2 fully saturated rings. The quantitative estimate of drug-likeness (QED) is 0.152. The van der Waals surface area contributed by atoms with Crippen LogP contribution in [0.5, 0.6) is 5.75 Å². The van der Waals surface area contributed by atoms with Gasteiger partial charge in [-0.3, -0.25) is 0 Å². The lowest BCUT2D eigenvalue weighted by atomic mass is 9.94. The van der Waals surface area contributed by atoms with Crippen LogP contribution in [0.25, 0.3) is 0 Å². The Morgan fingerprint density at radius 3 is 2.15 bits per heavy atom. The van der Waals surface area contributed by atoms with Gasteiger partial charge in [0, 0.05) is 12.8 Å². The molecular formula is C39H52O6Si. The van der Waals surface area contributed by atoms with Gasteiger partial charge >= 0.3 is 0 Å². The van der Waals surface area contributed by atoms with Crippen LogP contribution in [-0.2, 0) is 25.2 Å². The highest BCUT2D eigenvalue weighted by molar-refractivity contribution is 6.99. The van der Waals surface area contributed by atoms with Crippen molar-refractivity contribution < 1.29 is 28.5 Å². The lowest BCUT2D eigenvalue weighted by Gasteiger charge is -2.42. The van der Waals surface area contributed by atoms with Crippen LogP contribution in [0.15, 0.2) is 96.6 Å². The molecule has 6 nitrogen and oxygen atoms in total. The summed E-state index contributed by atoms with van der Waals surface area (Å²) < 4.78 is 31.2. The maximum Gasteiger partial charge on any atom is 0.261 e. The molecule has 3 aromatic rings. The second kappa shape index (κ2) is 15.9. The lowest BCUT2D eigenvalue weighted by molar-refractivity contribution is -0.186. The molecule has 1 aliphatic heterocycles. The van der Waals surface area contributed by atoms with E-state index in [1.54, 1.807) is 7.11 Å². The molecule has 3 aromatic carbocycles. The molecule has 46 heavy (non-hydrogen) atoms. The maximum absolute atomic E-state index is 11.2. The predicted octanol–water partition coefficient (Wildman–Crippen LogP) is 6.93. The molecule has 1 spiro atoms. The molecule has 1 saturated carbocycles. The first-order valence-corrected chi connectivity index (χ1v) is 18.8. The fourth-order valence-electron chi connectivity index (χ4n) is 7.05. The molecule has 0 aromatic heterocycles. The summed E-state index contributed by atoms with van der Waals surface area (Å²) in [5.74, 6) is 0.381. The Morgan fingerprint density at radius 1 is 0.935 bits per heavy atom. The second-order valence-corrected chi connectivity index (χ2v) is 18.1. The Labute approximate surface area is 276 Å². The summed E-state index contributed by atoms with van der Waals surface area (Å²) in [7, 11) is -1.04. The number of aliphatic hydroxyl groups excluding tert-OH is 1.